The van der Waals surface area contributed by atoms with Crippen LogP contribution < -0.4 is 0 Å². The molecule has 0 unspecified atom stereocenters. The van der Waals surface area contributed by atoms with E-state index in [0.29, 0.717) is 17.5 Å². The zero-order valence-electron chi connectivity index (χ0n) is 30.6. The SMILES string of the molecule is CC1(C)c2ccccc2-c2cc3c(-c4ccc(-c5nc(-c6ccccc6)nc(-c6ccccc6)n5)cc4)cc(-c4cccc(-c5ccccc5)c4)nc3cc21. The van der Waals surface area contributed by atoms with E-state index in [1.807, 2.05) is 60.7 Å². The summed E-state index contributed by atoms with van der Waals surface area (Å²) in [7, 11) is 0. The van der Waals surface area contributed by atoms with Gasteiger partial charge in [-0.15, -0.1) is 0 Å². The molecule has 4 heteroatoms. The Bertz CT molecular complexity index is 2810. The first-order valence-corrected chi connectivity index (χ1v) is 18.7. The molecule has 0 aliphatic heterocycles. The number of rotatable bonds is 6. The van der Waals surface area contributed by atoms with Gasteiger partial charge in [-0.3, -0.25) is 0 Å². The van der Waals surface area contributed by atoms with Gasteiger partial charge in [0.25, 0.3) is 0 Å². The number of benzene rings is 7. The van der Waals surface area contributed by atoms with Crippen LogP contribution in [0.25, 0.3) is 89.7 Å². The Morgan fingerprint density at radius 2 is 0.836 bits per heavy atom. The molecule has 9 aromatic rings. The second-order valence-corrected chi connectivity index (χ2v) is 14.7. The molecule has 55 heavy (non-hydrogen) atoms. The van der Waals surface area contributed by atoms with Gasteiger partial charge in [0.2, 0.25) is 0 Å². The van der Waals surface area contributed by atoms with Crippen LogP contribution in [0.3, 0.4) is 0 Å². The Morgan fingerprint density at radius 3 is 1.47 bits per heavy atom. The van der Waals surface area contributed by atoms with Gasteiger partial charge in [0.05, 0.1) is 11.2 Å². The standard InChI is InChI=1S/C51H36N4/c1-51(2)44-24-13-12-23-40(44)42-30-43-41(31-46(52-47(43)32-45(42)51)39-22-14-21-38(29-39)33-15-6-3-7-16-33)34-25-27-37(28-26-34)50-54-48(35-17-8-4-9-18-35)53-49(55-50)36-19-10-5-11-20-36/h3-32H,1-2H3. The van der Waals surface area contributed by atoms with Crippen LogP contribution in [0.2, 0.25) is 0 Å². The first kappa shape index (κ1) is 32.6. The molecule has 0 saturated carbocycles. The highest BCUT2D eigenvalue weighted by Crippen LogP contribution is 2.50. The smallest absolute Gasteiger partial charge is 0.164 e. The summed E-state index contributed by atoms with van der Waals surface area (Å²) in [4.78, 5) is 20.2. The highest BCUT2D eigenvalue weighted by atomic mass is 15.0. The average molecular weight is 705 g/mol. The first-order chi connectivity index (χ1) is 27.0. The summed E-state index contributed by atoms with van der Waals surface area (Å²) in [6.45, 7) is 4.65. The predicted octanol–water partition coefficient (Wildman–Crippen LogP) is 12.7. The van der Waals surface area contributed by atoms with Gasteiger partial charge in [0, 0.05) is 33.1 Å². The highest BCUT2D eigenvalue weighted by Gasteiger charge is 2.35. The zero-order chi connectivity index (χ0) is 36.9. The van der Waals surface area contributed by atoms with Gasteiger partial charge < -0.3 is 0 Å². The normalized spacial score (nSPS) is 12.7. The minimum absolute atomic E-state index is 0.130. The fourth-order valence-electron chi connectivity index (χ4n) is 8.03. The van der Waals surface area contributed by atoms with Crippen LogP contribution >= 0.6 is 0 Å². The number of hydrogen-bond acceptors (Lipinski definition) is 4. The molecule has 0 saturated heterocycles. The Morgan fingerprint density at radius 1 is 0.327 bits per heavy atom. The maximum Gasteiger partial charge on any atom is 0.164 e. The van der Waals surface area contributed by atoms with Crippen molar-refractivity contribution < 1.29 is 0 Å². The van der Waals surface area contributed by atoms with Crippen molar-refractivity contribution in [1.29, 1.82) is 0 Å². The molecule has 2 heterocycles. The molecular formula is C51H36N4. The topological polar surface area (TPSA) is 51.6 Å². The number of hydrogen-bond donors (Lipinski definition) is 0. The summed E-state index contributed by atoms with van der Waals surface area (Å²) in [5, 5.41) is 1.12. The van der Waals surface area contributed by atoms with E-state index in [2.05, 4.69) is 135 Å². The van der Waals surface area contributed by atoms with E-state index < -0.39 is 0 Å². The van der Waals surface area contributed by atoms with Crippen LogP contribution in [0.4, 0.5) is 0 Å². The van der Waals surface area contributed by atoms with E-state index in [0.717, 1.165) is 50.0 Å². The second-order valence-electron chi connectivity index (χ2n) is 14.7. The van der Waals surface area contributed by atoms with Crippen molar-refractivity contribution in [2.45, 2.75) is 19.3 Å². The van der Waals surface area contributed by atoms with Crippen molar-refractivity contribution in [2.24, 2.45) is 0 Å². The van der Waals surface area contributed by atoms with Crippen molar-refractivity contribution >= 4 is 10.9 Å². The Balaban J connectivity index is 1.14. The molecule has 1 aliphatic carbocycles. The van der Waals surface area contributed by atoms with Gasteiger partial charge in [-0.25, -0.2) is 19.9 Å². The van der Waals surface area contributed by atoms with Crippen LogP contribution in [0.5, 0.6) is 0 Å². The quantitative estimate of drug-likeness (QED) is 0.173. The number of nitrogens with zero attached hydrogens (tertiary/aromatic N) is 4. The van der Waals surface area contributed by atoms with Gasteiger partial charge in [-0.05, 0) is 68.8 Å². The molecule has 1 aliphatic rings. The van der Waals surface area contributed by atoms with E-state index in [1.54, 1.807) is 0 Å². The van der Waals surface area contributed by atoms with Gasteiger partial charge in [0.1, 0.15) is 0 Å². The lowest BCUT2D eigenvalue weighted by molar-refractivity contribution is 0.661. The van der Waals surface area contributed by atoms with Crippen molar-refractivity contribution in [3.63, 3.8) is 0 Å². The van der Waals surface area contributed by atoms with Crippen molar-refractivity contribution in [3.05, 3.63) is 193 Å². The zero-order valence-corrected chi connectivity index (χ0v) is 30.6. The van der Waals surface area contributed by atoms with Crippen molar-refractivity contribution in [3.8, 4) is 78.8 Å². The maximum absolute atomic E-state index is 5.39. The molecule has 7 aromatic carbocycles. The third-order valence-electron chi connectivity index (χ3n) is 10.9. The largest absolute Gasteiger partial charge is 0.248 e. The minimum Gasteiger partial charge on any atom is -0.248 e. The Kier molecular flexibility index (Phi) is 7.77. The van der Waals surface area contributed by atoms with Gasteiger partial charge in [-0.2, -0.15) is 0 Å². The van der Waals surface area contributed by atoms with E-state index in [9.17, 15) is 0 Å². The van der Waals surface area contributed by atoms with E-state index in [4.69, 9.17) is 19.9 Å². The van der Waals surface area contributed by atoms with Crippen LogP contribution in [-0.2, 0) is 5.41 Å². The number of aromatic nitrogens is 4. The molecule has 0 spiro atoms. The maximum atomic E-state index is 5.39. The predicted molar refractivity (Wildman–Crippen MR) is 225 cm³/mol. The molecule has 4 nitrogen and oxygen atoms in total. The molecule has 260 valence electrons. The summed E-state index contributed by atoms with van der Waals surface area (Å²) < 4.78 is 0. The van der Waals surface area contributed by atoms with Crippen molar-refractivity contribution in [1.82, 2.24) is 19.9 Å². The fourth-order valence-corrected chi connectivity index (χ4v) is 8.03. The van der Waals surface area contributed by atoms with Gasteiger partial charge >= 0.3 is 0 Å². The minimum atomic E-state index is -0.130. The van der Waals surface area contributed by atoms with Gasteiger partial charge in [0.15, 0.2) is 17.5 Å². The summed E-state index contributed by atoms with van der Waals surface area (Å²) in [5.41, 5.74) is 15.5. The lowest BCUT2D eigenvalue weighted by Gasteiger charge is -2.22. The third kappa shape index (κ3) is 5.80. The molecule has 0 atom stereocenters. The number of fused-ring (bicyclic) bond motifs is 4. The van der Waals surface area contributed by atoms with Crippen LogP contribution in [0.15, 0.2) is 182 Å². The summed E-state index contributed by atoms with van der Waals surface area (Å²) in [5.74, 6) is 1.93. The average Bonchev–Trinajstić information content (AvgIpc) is 3.48. The Labute approximate surface area is 320 Å². The molecule has 0 N–H and O–H groups in total. The second kappa shape index (κ2) is 13.1. The van der Waals surface area contributed by atoms with Crippen molar-refractivity contribution in [2.75, 3.05) is 0 Å². The third-order valence-corrected chi connectivity index (χ3v) is 10.9. The summed E-state index contributed by atoms with van der Waals surface area (Å²) >= 11 is 0. The fraction of sp³-hybridized carbons (Fsp3) is 0.0588. The summed E-state index contributed by atoms with van der Waals surface area (Å²) in [6.07, 6.45) is 0. The highest BCUT2D eigenvalue weighted by molar-refractivity contribution is 6.01. The summed E-state index contributed by atoms with van der Waals surface area (Å²) in [6, 6.07) is 63.8. The number of pyridine rings is 1. The molecule has 0 bridgehead atoms. The van der Waals surface area contributed by atoms with E-state index in [-0.39, 0.29) is 5.41 Å². The molecule has 0 amide bonds. The lowest BCUT2D eigenvalue weighted by Crippen LogP contribution is -2.14. The Hall–Kier alpha value is -7.04. The molecule has 2 aromatic heterocycles. The van der Waals surface area contributed by atoms with Crippen LogP contribution in [-0.4, -0.2) is 19.9 Å². The lowest BCUT2D eigenvalue weighted by atomic mass is 9.82. The van der Waals surface area contributed by atoms with E-state index in [1.165, 1.54) is 33.4 Å². The molecular weight excluding hydrogens is 669 g/mol. The molecule has 0 radical (unpaired) electrons. The van der Waals surface area contributed by atoms with Crippen LogP contribution in [0, 0.1) is 0 Å². The van der Waals surface area contributed by atoms with E-state index >= 15 is 0 Å². The van der Waals surface area contributed by atoms with Gasteiger partial charge in [-0.1, -0.05) is 172 Å². The first-order valence-electron chi connectivity index (χ1n) is 18.7. The molecule has 0 fully saturated rings. The molecule has 10 rings (SSSR count). The monoisotopic (exact) mass is 704 g/mol. The van der Waals surface area contributed by atoms with Crippen LogP contribution in [0.1, 0.15) is 25.0 Å².